The zero-order valence-corrected chi connectivity index (χ0v) is 21.8. The lowest BCUT2D eigenvalue weighted by Gasteiger charge is -2.28. The Balaban J connectivity index is 1.31. The highest BCUT2D eigenvalue weighted by Gasteiger charge is 2.46. The standard InChI is InChI=1S/C29H32N4O6/c1-20-4-6-21(7-5-20)19-33-25(28(35)30-12-13-32-14-17-37-18-15-32)26(39-29(33)36)22-8-10-23(11-9-22)31-27(34)24-3-2-16-38-24/h2-11,16,25-26H,12-15,17-19H2,1H3,(H,30,35)(H,31,34). The van der Waals surface area contributed by atoms with E-state index in [0.29, 0.717) is 37.6 Å². The molecule has 10 nitrogen and oxygen atoms in total. The topological polar surface area (TPSA) is 113 Å². The molecule has 2 aliphatic rings. The first kappa shape index (κ1) is 26.5. The van der Waals surface area contributed by atoms with Crippen molar-refractivity contribution < 1.29 is 28.3 Å². The van der Waals surface area contributed by atoms with Gasteiger partial charge in [0, 0.05) is 31.9 Å². The molecule has 3 aromatic rings. The summed E-state index contributed by atoms with van der Waals surface area (Å²) in [5.41, 5.74) is 3.21. The second kappa shape index (κ2) is 12.1. The first-order chi connectivity index (χ1) is 19.0. The van der Waals surface area contributed by atoms with Crippen molar-refractivity contribution in [1.29, 1.82) is 0 Å². The summed E-state index contributed by atoms with van der Waals surface area (Å²) < 4.78 is 16.3. The van der Waals surface area contributed by atoms with E-state index in [-0.39, 0.29) is 24.1 Å². The molecule has 2 aromatic carbocycles. The second-order valence-corrected chi connectivity index (χ2v) is 9.66. The van der Waals surface area contributed by atoms with Gasteiger partial charge < -0.3 is 24.5 Å². The van der Waals surface area contributed by atoms with E-state index in [1.807, 2.05) is 31.2 Å². The normalized spacial score (nSPS) is 19.5. The SMILES string of the molecule is Cc1ccc(CN2C(=O)OC(c3ccc(NC(=O)c4ccco4)cc3)C2C(=O)NCCN2CCOCC2)cc1. The van der Waals surface area contributed by atoms with Gasteiger partial charge in [0.1, 0.15) is 0 Å². The molecule has 10 heteroatoms. The van der Waals surface area contributed by atoms with Gasteiger partial charge in [0.25, 0.3) is 5.91 Å². The minimum Gasteiger partial charge on any atom is -0.459 e. The molecule has 3 heterocycles. The maximum absolute atomic E-state index is 13.5. The van der Waals surface area contributed by atoms with Crippen LogP contribution in [0.1, 0.15) is 33.3 Å². The van der Waals surface area contributed by atoms with Gasteiger partial charge in [0.15, 0.2) is 17.9 Å². The van der Waals surface area contributed by atoms with Gasteiger partial charge in [0.2, 0.25) is 5.91 Å². The van der Waals surface area contributed by atoms with Crippen LogP contribution in [0.3, 0.4) is 0 Å². The van der Waals surface area contributed by atoms with Crippen LogP contribution in [0.25, 0.3) is 0 Å². The summed E-state index contributed by atoms with van der Waals surface area (Å²) in [6.45, 7) is 6.41. The fourth-order valence-corrected chi connectivity index (χ4v) is 4.72. The number of carbonyl (C=O) groups excluding carboxylic acids is 3. The lowest BCUT2D eigenvalue weighted by atomic mass is 10.00. The van der Waals surface area contributed by atoms with E-state index in [1.54, 1.807) is 36.4 Å². The summed E-state index contributed by atoms with van der Waals surface area (Å²) in [5, 5.41) is 5.77. The third kappa shape index (κ3) is 6.47. The molecule has 0 saturated carbocycles. The van der Waals surface area contributed by atoms with E-state index in [1.165, 1.54) is 11.2 Å². The Morgan fingerprint density at radius 2 is 1.74 bits per heavy atom. The number of amides is 3. The van der Waals surface area contributed by atoms with Crippen LogP contribution in [-0.2, 0) is 20.8 Å². The lowest BCUT2D eigenvalue weighted by molar-refractivity contribution is -0.126. The van der Waals surface area contributed by atoms with Crippen molar-refractivity contribution in [2.75, 3.05) is 44.7 Å². The molecule has 2 saturated heterocycles. The zero-order chi connectivity index (χ0) is 27.2. The smallest absolute Gasteiger partial charge is 0.411 e. The summed E-state index contributed by atoms with van der Waals surface area (Å²) in [4.78, 5) is 42.6. The number of benzene rings is 2. The molecular formula is C29H32N4O6. The molecule has 2 unspecified atom stereocenters. The Morgan fingerprint density at radius 3 is 2.44 bits per heavy atom. The number of cyclic esters (lactones) is 1. The average Bonchev–Trinajstić information content (AvgIpc) is 3.60. The summed E-state index contributed by atoms with van der Waals surface area (Å²) in [5.74, 6) is -0.451. The number of hydrogen-bond donors (Lipinski definition) is 2. The quantitative estimate of drug-likeness (QED) is 0.435. The predicted molar refractivity (Wildman–Crippen MR) is 143 cm³/mol. The zero-order valence-electron chi connectivity index (χ0n) is 21.8. The molecule has 0 aliphatic carbocycles. The van der Waals surface area contributed by atoms with Gasteiger partial charge in [0.05, 0.1) is 26.0 Å². The average molecular weight is 533 g/mol. The van der Waals surface area contributed by atoms with E-state index in [2.05, 4.69) is 15.5 Å². The summed E-state index contributed by atoms with van der Waals surface area (Å²) in [6, 6.07) is 17.1. The Bertz CT molecular complexity index is 1270. The number of ether oxygens (including phenoxy) is 2. The number of furan rings is 1. The number of rotatable bonds is 9. The number of anilines is 1. The molecule has 0 radical (unpaired) electrons. The van der Waals surface area contributed by atoms with Gasteiger partial charge in [-0.3, -0.25) is 19.4 Å². The van der Waals surface area contributed by atoms with Crippen LogP contribution in [0.4, 0.5) is 10.5 Å². The Hall–Kier alpha value is -4.15. The molecule has 2 fully saturated rings. The van der Waals surface area contributed by atoms with Crippen molar-refractivity contribution >= 4 is 23.6 Å². The Morgan fingerprint density at radius 1 is 1.00 bits per heavy atom. The molecule has 2 aliphatic heterocycles. The van der Waals surface area contributed by atoms with Gasteiger partial charge in [-0.2, -0.15) is 0 Å². The molecule has 39 heavy (non-hydrogen) atoms. The summed E-state index contributed by atoms with van der Waals surface area (Å²) >= 11 is 0. The number of morpholine rings is 1. The third-order valence-corrected chi connectivity index (χ3v) is 6.90. The predicted octanol–water partition coefficient (Wildman–Crippen LogP) is 3.35. The fraction of sp³-hybridized carbons (Fsp3) is 0.345. The number of aryl methyl sites for hydroxylation is 1. The first-order valence-corrected chi connectivity index (χ1v) is 13.0. The number of hydrogen-bond acceptors (Lipinski definition) is 7. The highest BCUT2D eigenvalue weighted by Crippen LogP contribution is 2.34. The maximum atomic E-state index is 13.5. The first-order valence-electron chi connectivity index (χ1n) is 13.0. The minimum absolute atomic E-state index is 0.198. The van der Waals surface area contributed by atoms with E-state index in [4.69, 9.17) is 13.9 Å². The van der Waals surface area contributed by atoms with E-state index in [0.717, 1.165) is 24.2 Å². The molecular weight excluding hydrogens is 500 g/mol. The van der Waals surface area contributed by atoms with Gasteiger partial charge in [-0.25, -0.2) is 4.79 Å². The fourth-order valence-electron chi connectivity index (χ4n) is 4.72. The second-order valence-electron chi connectivity index (χ2n) is 9.66. The molecule has 0 spiro atoms. The van der Waals surface area contributed by atoms with Gasteiger partial charge in [-0.05, 0) is 42.3 Å². The van der Waals surface area contributed by atoms with Crippen LogP contribution in [0, 0.1) is 6.92 Å². The van der Waals surface area contributed by atoms with Gasteiger partial charge in [-0.1, -0.05) is 42.0 Å². The van der Waals surface area contributed by atoms with Gasteiger partial charge >= 0.3 is 6.09 Å². The van der Waals surface area contributed by atoms with Crippen molar-refractivity contribution in [3.05, 3.63) is 89.4 Å². The van der Waals surface area contributed by atoms with Crippen LogP contribution >= 0.6 is 0 Å². The molecule has 2 atom stereocenters. The molecule has 3 amide bonds. The molecule has 2 N–H and O–H groups in total. The molecule has 1 aromatic heterocycles. The molecule has 204 valence electrons. The van der Waals surface area contributed by atoms with Crippen LogP contribution in [0.5, 0.6) is 0 Å². The number of carbonyl (C=O) groups is 3. The maximum Gasteiger partial charge on any atom is 0.411 e. The van der Waals surface area contributed by atoms with E-state index < -0.39 is 18.2 Å². The number of nitrogens with one attached hydrogen (secondary N) is 2. The van der Waals surface area contributed by atoms with Crippen LogP contribution in [-0.4, -0.2) is 73.1 Å². The van der Waals surface area contributed by atoms with Crippen molar-refractivity contribution in [1.82, 2.24) is 15.1 Å². The highest BCUT2D eigenvalue weighted by atomic mass is 16.6. The van der Waals surface area contributed by atoms with Crippen molar-refractivity contribution in [2.45, 2.75) is 25.6 Å². The monoisotopic (exact) mass is 532 g/mol. The van der Waals surface area contributed by atoms with E-state index >= 15 is 0 Å². The van der Waals surface area contributed by atoms with Crippen molar-refractivity contribution in [2.24, 2.45) is 0 Å². The summed E-state index contributed by atoms with van der Waals surface area (Å²) in [7, 11) is 0. The number of nitrogens with zero attached hydrogens (tertiary/aromatic N) is 2. The highest BCUT2D eigenvalue weighted by molar-refractivity contribution is 6.02. The molecule has 5 rings (SSSR count). The van der Waals surface area contributed by atoms with E-state index in [9.17, 15) is 14.4 Å². The Labute approximate surface area is 226 Å². The van der Waals surface area contributed by atoms with Crippen molar-refractivity contribution in [3.63, 3.8) is 0 Å². The summed E-state index contributed by atoms with van der Waals surface area (Å²) in [6.07, 6.45) is 0.0753. The Kier molecular flexibility index (Phi) is 8.24. The lowest BCUT2D eigenvalue weighted by Crippen LogP contribution is -2.48. The van der Waals surface area contributed by atoms with Crippen LogP contribution in [0.2, 0.25) is 0 Å². The minimum atomic E-state index is -0.855. The van der Waals surface area contributed by atoms with Crippen LogP contribution < -0.4 is 10.6 Å². The van der Waals surface area contributed by atoms with Crippen LogP contribution in [0.15, 0.2) is 71.3 Å². The third-order valence-electron chi connectivity index (χ3n) is 6.90. The molecule has 0 bridgehead atoms. The van der Waals surface area contributed by atoms with Crippen molar-refractivity contribution in [3.8, 4) is 0 Å². The largest absolute Gasteiger partial charge is 0.459 e. The van der Waals surface area contributed by atoms with Gasteiger partial charge in [-0.15, -0.1) is 0 Å².